The third kappa shape index (κ3) is 26.4. The van der Waals surface area contributed by atoms with Crippen LogP contribution in [0.25, 0.3) is 74.1 Å². The number of hydrogen-bond donors (Lipinski definition) is 0. The van der Waals surface area contributed by atoms with Crippen LogP contribution in [0.15, 0.2) is 250 Å². The van der Waals surface area contributed by atoms with Crippen LogP contribution in [-0.4, -0.2) is 283 Å². The van der Waals surface area contributed by atoms with E-state index in [1.165, 1.54) is 16.7 Å². The van der Waals surface area contributed by atoms with Gasteiger partial charge in [0.1, 0.15) is 42.0 Å². The Bertz CT molecular complexity index is 7180. The number of hydrogen-bond acceptors (Lipinski definition) is 32. The molecule has 0 N–H and O–H groups in total. The lowest BCUT2D eigenvalue weighted by atomic mass is 10.1. The molecular formula is C107H118N30O10. The summed E-state index contributed by atoms with van der Waals surface area (Å²) in [6.45, 7) is 25.1. The van der Waals surface area contributed by atoms with E-state index in [-0.39, 0.29) is 5.91 Å². The van der Waals surface area contributed by atoms with Crippen molar-refractivity contribution in [3.05, 3.63) is 289 Å². The zero-order valence-electron chi connectivity index (χ0n) is 83.5. The number of carbonyl (C=O) groups is 1. The number of nitrogens with zero attached hydrogens (tertiary/aromatic N) is 30. The Morgan fingerprint density at radius 3 is 1.16 bits per heavy atom. The third-order valence-corrected chi connectivity index (χ3v) is 24.9. The number of methoxy groups -OCH3 is 1. The summed E-state index contributed by atoms with van der Waals surface area (Å²) in [7, 11) is 5.37. The molecule has 6 aliphatic rings. The molecule has 40 nitrogen and oxygen atoms in total. The molecule has 5 aromatic carbocycles. The number of anilines is 6. The fourth-order valence-electron chi connectivity index (χ4n) is 17.2. The van der Waals surface area contributed by atoms with Gasteiger partial charge in [-0.3, -0.25) is 19.1 Å². The summed E-state index contributed by atoms with van der Waals surface area (Å²) in [6.07, 6.45) is 21.6. The highest BCUT2D eigenvalue weighted by molar-refractivity contribution is 5.94. The van der Waals surface area contributed by atoms with Crippen molar-refractivity contribution < 1.29 is 47.4 Å². The van der Waals surface area contributed by atoms with E-state index in [1.807, 2.05) is 197 Å². The number of carbonyl (C=O) groups excluding carboxylic acids is 1. The minimum Gasteiger partial charge on any atom is -0.472 e. The summed E-state index contributed by atoms with van der Waals surface area (Å²) in [5.74, 6) is 8.56. The molecule has 6 aliphatic heterocycles. The Morgan fingerprint density at radius 1 is 0.340 bits per heavy atom. The normalized spacial score (nSPS) is 14.8. The molecule has 0 radical (unpaired) electrons. The molecule has 17 aromatic rings. The van der Waals surface area contributed by atoms with Gasteiger partial charge in [0, 0.05) is 207 Å². The van der Waals surface area contributed by atoms with Gasteiger partial charge in [-0.15, -0.1) is 5.10 Å². The van der Waals surface area contributed by atoms with Gasteiger partial charge in [-0.05, 0) is 92.8 Å². The molecule has 40 heteroatoms. The highest BCUT2D eigenvalue weighted by Gasteiger charge is 2.29. The molecule has 23 rings (SSSR count). The van der Waals surface area contributed by atoms with Crippen LogP contribution in [0, 0.1) is 27.7 Å². The summed E-state index contributed by atoms with van der Waals surface area (Å²) in [5.41, 5.74) is 15.9. The predicted molar refractivity (Wildman–Crippen MR) is 555 cm³/mol. The van der Waals surface area contributed by atoms with E-state index in [2.05, 4.69) is 178 Å². The van der Waals surface area contributed by atoms with E-state index in [1.54, 1.807) is 51.1 Å². The monoisotopic (exact) mass is 1980 g/mol. The summed E-state index contributed by atoms with van der Waals surface area (Å²) in [6, 6.07) is 63.5. The van der Waals surface area contributed by atoms with E-state index in [0.717, 1.165) is 194 Å². The number of ether oxygens (including phenoxy) is 9. The van der Waals surface area contributed by atoms with Gasteiger partial charge in [-0.2, -0.15) is 70.5 Å². The van der Waals surface area contributed by atoms with Gasteiger partial charge in [-0.25, -0.2) is 33.4 Å². The Balaban J connectivity index is 0.000000116. The fraction of sp³-hybridized carbons (Fsp3) is 0.327. The Kier molecular flexibility index (Phi) is 32.5. The smallest absolute Gasteiger partial charge is 0.320 e. The van der Waals surface area contributed by atoms with E-state index < -0.39 is 0 Å². The Labute approximate surface area is 851 Å². The average molecular weight is 1980 g/mol. The van der Waals surface area contributed by atoms with E-state index in [0.29, 0.717) is 145 Å². The number of rotatable bonds is 27. The summed E-state index contributed by atoms with van der Waals surface area (Å²) >= 11 is 0. The number of aromatic nitrogens is 24. The van der Waals surface area contributed by atoms with E-state index >= 15 is 0 Å². The molecule has 147 heavy (non-hydrogen) atoms. The maximum Gasteiger partial charge on any atom is 0.320 e. The van der Waals surface area contributed by atoms with Crippen molar-refractivity contribution in [3.8, 4) is 98.0 Å². The van der Waals surface area contributed by atoms with Gasteiger partial charge in [0.2, 0.25) is 17.7 Å². The van der Waals surface area contributed by atoms with Gasteiger partial charge in [0.25, 0.3) is 0 Å². The minimum atomic E-state index is 0.0704. The van der Waals surface area contributed by atoms with E-state index in [9.17, 15) is 4.79 Å². The number of morpholine rings is 5. The molecule has 6 fully saturated rings. The molecule has 0 saturated carbocycles. The topological polar surface area (TPSA) is 373 Å². The lowest BCUT2D eigenvalue weighted by Gasteiger charge is -2.28. The van der Waals surface area contributed by atoms with Gasteiger partial charge in [0.05, 0.1) is 122 Å². The molecule has 1 amide bonds. The second-order valence-corrected chi connectivity index (χ2v) is 35.7. The van der Waals surface area contributed by atoms with Crippen molar-refractivity contribution in [2.24, 2.45) is 14.1 Å². The molecule has 18 heterocycles. The molecule has 6 saturated heterocycles. The highest BCUT2D eigenvalue weighted by Crippen LogP contribution is 2.32. The van der Waals surface area contributed by atoms with Crippen LogP contribution in [-0.2, 0) is 62.0 Å². The first-order valence-electron chi connectivity index (χ1n) is 49.4. The SMILES string of the molecule is COc1nc(N2CCOCC2)cc(-n2ccc(-c3cccc(C)c3)n2)n1.Cc1cccc(-c2ccn(-c3cc(N4CCOCC4)nc(N4CCCC4=O)n3)n2)c1.Cc1cccc(-c2ccn(-c3cc(N4CCOCC4)ncn3)n2)c1.Cc1cn(-c2cc(N3CCOCC3)nc(OCCc3cnn(C)c3)n2)nc1-c1ccccc1.Cn1cc(CCOc2nc(N3CCOCC3)cc(-n3ccc(OCc4ccccc4)n3)n2)cn1. The number of benzene rings is 5. The van der Waals surface area contributed by atoms with Crippen molar-refractivity contribution in [2.75, 3.05) is 188 Å². The molecule has 756 valence electrons. The van der Waals surface area contributed by atoms with Crippen molar-refractivity contribution in [1.29, 1.82) is 0 Å². The standard InChI is InChI=1S/C24H27N7O3.C24H27N7O2.C22H24N6O2.C19H21N5O2.C18H19N5O/c1-29-17-20(16-25-29)8-12-33-24-26-21(30-10-13-32-14-11-30)15-22(27-24)31-9-7-23(28-31)34-18-19-5-3-2-4-6-19;1-18-16-31(28-23(18)20-6-4-3-5-7-20)22-14-21(30-9-12-32-13-10-30)26-24(27-22)33-11-8-19-15-25-29(2)17-19;1-16-4-2-5-17(14-16)18-7-9-28(25-18)20-15-19(26-10-12-30-13-11-26)23-22(24-20)27-8-3-6-21(27)29;1-14-4-3-5-15(12-14)16-6-7-24(22-16)18-13-17(20-19(21-18)25-2)23-8-10-26-11-9-23;1-14-3-2-4-15(11-14)16-5-6-23(21-16)18-12-17(19-13-20-18)22-7-9-24-10-8-22/h2-7,9,15-17H,8,10-14,18H2,1H3;3-7,14-17H,8-13H2,1-2H3;2,4-5,7,9,14-15H,3,6,8,10-13H2,1H3;3-7,12-13H,8-11H2,1-2H3;2-6,11-13H,7-10H2,1H3. The number of aryl methyl sites for hydroxylation is 6. The molecule has 0 aliphatic carbocycles. The average Bonchev–Trinajstić information content (AvgIpc) is 1.67. The van der Waals surface area contributed by atoms with Crippen LogP contribution in [0.5, 0.6) is 23.9 Å². The second-order valence-electron chi connectivity index (χ2n) is 35.7. The van der Waals surface area contributed by atoms with Crippen LogP contribution in [0.1, 0.15) is 51.8 Å². The number of amides is 1. The van der Waals surface area contributed by atoms with Crippen LogP contribution in [0.4, 0.5) is 35.0 Å². The molecule has 0 spiro atoms. The zero-order valence-corrected chi connectivity index (χ0v) is 83.5. The molecule has 0 unspecified atom stereocenters. The second kappa shape index (κ2) is 48.2. The first-order valence-corrected chi connectivity index (χ1v) is 49.4. The fourth-order valence-corrected chi connectivity index (χ4v) is 17.2. The lowest BCUT2D eigenvalue weighted by Crippen LogP contribution is -2.37. The van der Waals surface area contributed by atoms with Gasteiger partial charge < -0.3 is 67.1 Å². The van der Waals surface area contributed by atoms with Gasteiger partial charge in [-0.1, -0.05) is 132 Å². The first kappa shape index (κ1) is 99.2. The predicted octanol–water partition coefficient (Wildman–Crippen LogP) is 12.8. The van der Waals surface area contributed by atoms with Crippen LogP contribution >= 0.6 is 0 Å². The van der Waals surface area contributed by atoms with Gasteiger partial charge in [0.15, 0.2) is 29.1 Å². The van der Waals surface area contributed by atoms with Crippen LogP contribution in [0.3, 0.4) is 0 Å². The molecule has 12 aromatic heterocycles. The Hall–Kier alpha value is -16.6. The zero-order chi connectivity index (χ0) is 101. The van der Waals surface area contributed by atoms with E-state index in [4.69, 9.17) is 62.8 Å². The summed E-state index contributed by atoms with van der Waals surface area (Å²) in [5, 5.41) is 31.9. The summed E-state index contributed by atoms with van der Waals surface area (Å²) < 4.78 is 62.7. The lowest BCUT2D eigenvalue weighted by molar-refractivity contribution is -0.117. The maximum atomic E-state index is 12.3. The molecular weight excluding hydrogens is 1870 g/mol. The van der Waals surface area contributed by atoms with Crippen LogP contribution in [0.2, 0.25) is 0 Å². The Morgan fingerprint density at radius 2 is 0.721 bits per heavy atom. The first-order chi connectivity index (χ1) is 72.1. The largest absolute Gasteiger partial charge is 0.472 e. The molecule has 0 bridgehead atoms. The minimum absolute atomic E-state index is 0.0704. The van der Waals surface area contributed by atoms with Crippen LogP contribution < -0.4 is 48.3 Å². The van der Waals surface area contributed by atoms with Gasteiger partial charge >= 0.3 is 18.0 Å². The van der Waals surface area contributed by atoms with Crippen molar-refractivity contribution >= 4 is 40.9 Å². The van der Waals surface area contributed by atoms with Crippen molar-refractivity contribution in [1.82, 2.24) is 118 Å². The van der Waals surface area contributed by atoms with Crippen molar-refractivity contribution in [3.63, 3.8) is 0 Å². The maximum absolute atomic E-state index is 12.3. The quantitative estimate of drug-likeness (QED) is 0.0461. The van der Waals surface area contributed by atoms with Crippen molar-refractivity contribution in [2.45, 2.75) is 60.0 Å². The molecule has 0 atom stereocenters. The third-order valence-electron chi connectivity index (χ3n) is 24.9. The highest BCUT2D eigenvalue weighted by atomic mass is 16.5. The summed E-state index contributed by atoms with van der Waals surface area (Å²) in [4.78, 5) is 70.6.